The van der Waals surface area contributed by atoms with Crippen LogP contribution in [-0.4, -0.2) is 20.9 Å². The highest BCUT2D eigenvalue weighted by Crippen LogP contribution is 1.94. The molecule has 0 aliphatic carbocycles. The van der Waals surface area contributed by atoms with Crippen molar-refractivity contribution in [2.24, 2.45) is 0 Å². The summed E-state index contributed by atoms with van der Waals surface area (Å²) in [5.41, 5.74) is 0. The largest absolute Gasteiger partial charge is 0.389 e. The smallest absolute Gasteiger partial charge is 0.385 e. The van der Waals surface area contributed by atoms with Crippen molar-refractivity contribution in [3.63, 3.8) is 0 Å². The first-order valence-corrected chi connectivity index (χ1v) is 3.17. The third kappa shape index (κ3) is 1.59. The fourth-order valence-electron chi connectivity index (χ4n) is 0.379. The molecule has 52 valence electrons. The van der Waals surface area contributed by atoms with Crippen LogP contribution in [-0.2, 0) is 3.07 Å². The van der Waals surface area contributed by atoms with Crippen molar-refractivity contribution in [1.29, 1.82) is 0 Å². The van der Waals surface area contributed by atoms with Crippen LogP contribution in [0.5, 0.6) is 0 Å². The Morgan fingerprint density at radius 3 is 2.60 bits per heavy atom. The second-order valence-corrected chi connectivity index (χ2v) is 1.77. The summed E-state index contributed by atoms with van der Waals surface area (Å²) in [6.07, 6.45) is 2.46. The minimum Gasteiger partial charge on any atom is -0.389 e. The Balaban J connectivity index is 2.85. The molecule has 0 fully saturated rings. The van der Waals surface area contributed by atoms with Gasteiger partial charge in [-0.1, -0.05) is 0 Å². The molecule has 0 aliphatic heterocycles. The van der Waals surface area contributed by atoms with Gasteiger partial charge in [-0.2, -0.15) is 0 Å². The van der Waals surface area contributed by atoms with Gasteiger partial charge in [0.1, 0.15) is 12.7 Å². The van der Waals surface area contributed by atoms with Crippen LogP contribution in [0.2, 0.25) is 0 Å². The molecule has 0 aromatic carbocycles. The molecule has 0 aliphatic rings. The number of rotatable bonds is 1. The lowest BCUT2D eigenvalue weighted by Crippen LogP contribution is -2.04. The zero-order chi connectivity index (χ0) is 7.40. The van der Waals surface area contributed by atoms with Gasteiger partial charge in [-0.3, -0.25) is 0 Å². The average Bonchev–Trinajstić information content (AvgIpc) is 2.05. The van der Waals surface area contributed by atoms with Crippen LogP contribution in [0, 0.1) is 0 Å². The third-order valence-corrected chi connectivity index (χ3v) is 1.15. The molecule has 0 saturated heterocycles. The quantitative estimate of drug-likeness (QED) is 0.675. The second kappa shape index (κ2) is 3.40. The summed E-state index contributed by atoms with van der Waals surface area (Å²) in [4.78, 5) is 21.3. The topological polar surface area (TPSA) is 65.0 Å². The maximum absolute atomic E-state index is 10.6. The summed E-state index contributed by atoms with van der Waals surface area (Å²) in [5, 5.41) is 0. The first-order chi connectivity index (χ1) is 4.84. The normalized spacial score (nSPS) is 8.90. The standard InChI is InChI=1S/C4H2IN3O2/c5-10-4(9)3-7-1-6-2-8-3/h1-2H. The van der Waals surface area contributed by atoms with Crippen molar-refractivity contribution in [3.8, 4) is 0 Å². The molecular formula is C4H2IN3O2. The zero-order valence-electron chi connectivity index (χ0n) is 4.69. The van der Waals surface area contributed by atoms with E-state index in [9.17, 15) is 4.79 Å². The van der Waals surface area contributed by atoms with Crippen LogP contribution >= 0.6 is 23.0 Å². The molecule has 1 aromatic rings. The predicted molar refractivity (Wildman–Crippen MR) is 39.3 cm³/mol. The van der Waals surface area contributed by atoms with E-state index in [0.29, 0.717) is 0 Å². The van der Waals surface area contributed by atoms with Gasteiger partial charge < -0.3 is 3.07 Å². The van der Waals surface area contributed by atoms with Gasteiger partial charge in [-0.15, -0.1) is 0 Å². The summed E-state index contributed by atoms with van der Waals surface area (Å²) in [7, 11) is 0. The minimum atomic E-state index is -0.567. The number of carbonyl (C=O) groups is 1. The van der Waals surface area contributed by atoms with Gasteiger partial charge in [0.05, 0.1) is 0 Å². The van der Waals surface area contributed by atoms with E-state index in [-0.39, 0.29) is 5.82 Å². The van der Waals surface area contributed by atoms with Crippen molar-refractivity contribution >= 4 is 29.0 Å². The van der Waals surface area contributed by atoms with Crippen LogP contribution in [0.4, 0.5) is 0 Å². The molecule has 5 nitrogen and oxygen atoms in total. The van der Waals surface area contributed by atoms with E-state index < -0.39 is 5.97 Å². The summed E-state index contributed by atoms with van der Waals surface area (Å²) >= 11 is 1.47. The minimum absolute atomic E-state index is 0.0180. The predicted octanol–water partition coefficient (Wildman–Crippen LogP) is 0.378. The molecule has 0 N–H and O–H groups in total. The number of aromatic nitrogens is 3. The number of nitrogens with zero attached hydrogens (tertiary/aromatic N) is 3. The molecule has 0 radical (unpaired) electrons. The van der Waals surface area contributed by atoms with E-state index in [2.05, 4.69) is 18.0 Å². The van der Waals surface area contributed by atoms with E-state index in [0.717, 1.165) is 0 Å². The Morgan fingerprint density at radius 1 is 1.50 bits per heavy atom. The van der Waals surface area contributed by atoms with Gasteiger partial charge in [0.25, 0.3) is 0 Å². The Morgan fingerprint density at radius 2 is 2.10 bits per heavy atom. The maximum atomic E-state index is 10.6. The lowest BCUT2D eigenvalue weighted by molar-refractivity contribution is 0.0787. The first kappa shape index (κ1) is 7.32. The molecule has 0 bridgehead atoms. The van der Waals surface area contributed by atoms with Gasteiger partial charge in [0.15, 0.2) is 23.0 Å². The molecule has 0 spiro atoms. The Hall–Kier alpha value is -0.790. The van der Waals surface area contributed by atoms with Gasteiger partial charge in [0, 0.05) is 0 Å². The Kier molecular flexibility index (Phi) is 2.49. The lowest BCUT2D eigenvalue weighted by atomic mass is 10.6. The summed E-state index contributed by atoms with van der Waals surface area (Å²) < 4.78 is 4.31. The molecule has 1 heterocycles. The van der Waals surface area contributed by atoms with Crippen LogP contribution in [0.25, 0.3) is 0 Å². The molecule has 0 atom stereocenters. The summed E-state index contributed by atoms with van der Waals surface area (Å²) in [5.74, 6) is -0.549. The molecule has 10 heavy (non-hydrogen) atoms. The Bertz CT molecular complexity index is 227. The van der Waals surface area contributed by atoms with Gasteiger partial charge in [-0.05, 0) is 0 Å². The molecule has 0 amide bonds. The van der Waals surface area contributed by atoms with Crippen molar-refractivity contribution in [1.82, 2.24) is 15.0 Å². The number of hydrogen-bond acceptors (Lipinski definition) is 5. The molecule has 0 saturated carbocycles. The molecule has 1 rings (SSSR count). The van der Waals surface area contributed by atoms with E-state index in [1.54, 1.807) is 0 Å². The zero-order valence-corrected chi connectivity index (χ0v) is 6.85. The fraction of sp³-hybridized carbons (Fsp3) is 0. The monoisotopic (exact) mass is 251 g/mol. The molecule has 0 unspecified atom stereocenters. The molecule has 6 heteroatoms. The van der Waals surface area contributed by atoms with Gasteiger partial charge in [-0.25, -0.2) is 19.7 Å². The molecular weight excluding hydrogens is 249 g/mol. The van der Waals surface area contributed by atoms with E-state index in [1.807, 2.05) is 0 Å². The lowest BCUT2D eigenvalue weighted by Gasteiger charge is -1.90. The van der Waals surface area contributed by atoms with E-state index in [4.69, 9.17) is 0 Å². The third-order valence-electron chi connectivity index (χ3n) is 0.746. The van der Waals surface area contributed by atoms with Crippen LogP contribution in [0.15, 0.2) is 12.7 Å². The number of carbonyl (C=O) groups excluding carboxylic acids is 1. The highest BCUT2D eigenvalue weighted by molar-refractivity contribution is 14.1. The highest BCUT2D eigenvalue weighted by Gasteiger charge is 2.06. The van der Waals surface area contributed by atoms with Gasteiger partial charge >= 0.3 is 5.97 Å². The van der Waals surface area contributed by atoms with Crippen molar-refractivity contribution in [3.05, 3.63) is 18.5 Å². The maximum Gasteiger partial charge on any atom is 0.385 e. The fourth-order valence-corrected chi connectivity index (χ4v) is 0.576. The van der Waals surface area contributed by atoms with Crippen molar-refractivity contribution in [2.45, 2.75) is 0 Å². The van der Waals surface area contributed by atoms with Gasteiger partial charge in [0.2, 0.25) is 5.82 Å². The molecule has 1 aromatic heterocycles. The van der Waals surface area contributed by atoms with E-state index >= 15 is 0 Å². The Labute approximate surface area is 70.5 Å². The number of hydrogen-bond donors (Lipinski definition) is 0. The van der Waals surface area contributed by atoms with Crippen LogP contribution in [0.1, 0.15) is 10.6 Å². The number of halogens is 1. The SMILES string of the molecule is O=C(OI)c1ncncn1. The van der Waals surface area contributed by atoms with Crippen molar-refractivity contribution in [2.75, 3.05) is 0 Å². The summed E-state index contributed by atoms with van der Waals surface area (Å²) in [6, 6.07) is 0. The summed E-state index contributed by atoms with van der Waals surface area (Å²) in [6.45, 7) is 0. The average molecular weight is 251 g/mol. The van der Waals surface area contributed by atoms with Crippen molar-refractivity contribution < 1.29 is 7.86 Å². The second-order valence-electron chi connectivity index (χ2n) is 1.33. The van der Waals surface area contributed by atoms with E-state index in [1.165, 1.54) is 35.7 Å². The highest BCUT2D eigenvalue weighted by atomic mass is 127. The van der Waals surface area contributed by atoms with Crippen LogP contribution < -0.4 is 0 Å². The first-order valence-electron chi connectivity index (χ1n) is 2.29. The van der Waals surface area contributed by atoms with Crippen LogP contribution in [0.3, 0.4) is 0 Å².